The third-order valence-electron chi connectivity index (χ3n) is 2.99. The first kappa shape index (κ1) is 17.0. The summed E-state index contributed by atoms with van der Waals surface area (Å²) in [7, 11) is 1.28. The summed E-state index contributed by atoms with van der Waals surface area (Å²) in [5.74, 6) is -0.677. The van der Waals surface area contributed by atoms with Crippen LogP contribution in [-0.2, 0) is 4.79 Å². The highest BCUT2D eigenvalue weighted by Gasteiger charge is 2.31. The predicted octanol–water partition coefficient (Wildman–Crippen LogP) is 2.70. The highest BCUT2D eigenvalue weighted by Crippen LogP contribution is 2.39. The molecule has 120 valence electrons. The van der Waals surface area contributed by atoms with Gasteiger partial charge in [0.15, 0.2) is 11.5 Å². The van der Waals surface area contributed by atoms with E-state index in [2.05, 4.69) is 6.58 Å². The second kappa shape index (κ2) is 6.80. The molecule has 1 aromatic rings. The standard InChI is InChI=1S/C14H12N2O5S2/c1-3-4-15-13(18)11(23-14(15)22)6-8-5-9(16(19)20)7-10(21-2)12(8)17/h3,5-7,17H,1,4H2,2H3. The molecule has 0 atom stereocenters. The van der Waals surface area contributed by atoms with Crippen LogP contribution in [-0.4, -0.2) is 38.8 Å². The Bertz CT molecular complexity index is 745. The molecule has 0 radical (unpaired) electrons. The number of methoxy groups -OCH3 is 1. The van der Waals surface area contributed by atoms with Gasteiger partial charge in [-0.2, -0.15) is 0 Å². The molecule has 1 aromatic carbocycles. The maximum absolute atomic E-state index is 12.2. The van der Waals surface area contributed by atoms with E-state index < -0.39 is 4.92 Å². The largest absolute Gasteiger partial charge is 0.504 e. The Kier molecular flexibility index (Phi) is 5.02. The minimum Gasteiger partial charge on any atom is -0.504 e. The van der Waals surface area contributed by atoms with E-state index in [1.807, 2.05) is 0 Å². The van der Waals surface area contributed by atoms with Crippen LogP contribution >= 0.6 is 24.0 Å². The average molecular weight is 352 g/mol. The van der Waals surface area contributed by atoms with E-state index in [4.69, 9.17) is 17.0 Å². The van der Waals surface area contributed by atoms with Crippen molar-refractivity contribution in [2.45, 2.75) is 0 Å². The Labute approximate surface area is 141 Å². The van der Waals surface area contributed by atoms with Gasteiger partial charge < -0.3 is 9.84 Å². The Hall–Kier alpha value is -2.39. The molecule has 0 bridgehead atoms. The maximum Gasteiger partial charge on any atom is 0.274 e. The van der Waals surface area contributed by atoms with Gasteiger partial charge in [-0.25, -0.2) is 0 Å². The van der Waals surface area contributed by atoms with Crippen LogP contribution in [0.3, 0.4) is 0 Å². The number of phenolic OH excluding ortho intramolecular Hbond substituents is 1. The van der Waals surface area contributed by atoms with Crippen LogP contribution in [0.4, 0.5) is 5.69 Å². The molecule has 1 amide bonds. The van der Waals surface area contributed by atoms with Gasteiger partial charge in [0.2, 0.25) is 0 Å². The molecule has 1 fully saturated rings. The lowest BCUT2D eigenvalue weighted by Crippen LogP contribution is -2.27. The average Bonchev–Trinajstić information content (AvgIpc) is 2.77. The van der Waals surface area contributed by atoms with Gasteiger partial charge in [-0.1, -0.05) is 30.1 Å². The zero-order valence-electron chi connectivity index (χ0n) is 12.0. The number of benzene rings is 1. The summed E-state index contributed by atoms with van der Waals surface area (Å²) in [6, 6.07) is 2.27. The molecule has 1 N–H and O–H groups in total. The van der Waals surface area contributed by atoms with Crippen molar-refractivity contribution in [2.75, 3.05) is 13.7 Å². The summed E-state index contributed by atoms with van der Waals surface area (Å²) in [4.78, 5) is 24.2. The van der Waals surface area contributed by atoms with Gasteiger partial charge in [0.25, 0.3) is 11.6 Å². The molecule has 7 nitrogen and oxygen atoms in total. The summed E-state index contributed by atoms with van der Waals surface area (Å²) in [5, 5.41) is 21.1. The summed E-state index contributed by atoms with van der Waals surface area (Å²) >= 11 is 6.16. The molecule has 0 spiro atoms. The molecule has 1 aliphatic heterocycles. The molecule has 1 saturated heterocycles. The van der Waals surface area contributed by atoms with E-state index in [1.165, 1.54) is 18.1 Å². The summed E-state index contributed by atoms with van der Waals surface area (Å²) in [6.45, 7) is 3.83. The number of non-ortho nitro benzene ring substituents is 1. The minimum atomic E-state index is -0.609. The second-order valence-electron chi connectivity index (χ2n) is 4.42. The topological polar surface area (TPSA) is 92.9 Å². The second-order valence-corrected chi connectivity index (χ2v) is 6.10. The van der Waals surface area contributed by atoms with E-state index in [1.54, 1.807) is 6.08 Å². The monoisotopic (exact) mass is 352 g/mol. The number of rotatable bonds is 5. The molecule has 1 heterocycles. The van der Waals surface area contributed by atoms with Crippen molar-refractivity contribution in [2.24, 2.45) is 0 Å². The SMILES string of the molecule is C=CCN1C(=O)C(=Cc2cc([N+](=O)[O-])cc(OC)c2O)SC1=S. The lowest BCUT2D eigenvalue weighted by Gasteiger charge is -2.10. The highest BCUT2D eigenvalue weighted by atomic mass is 32.2. The number of hydrogen-bond acceptors (Lipinski definition) is 7. The van der Waals surface area contributed by atoms with E-state index in [0.29, 0.717) is 4.32 Å². The first-order valence-electron chi connectivity index (χ1n) is 6.30. The van der Waals surface area contributed by atoms with Crippen molar-refractivity contribution >= 4 is 46.0 Å². The molecule has 0 saturated carbocycles. The van der Waals surface area contributed by atoms with Crippen LogP contribution in [0.1, 0.15) is 5.56 Å². The maximum atomic E-state index is 12.2. The van der Waals surface area contributed by atoms with E-state index in [-0.39, 0.29) is 40.1 Å². The lowest BCUT2D eigenvalue weighted by molar-refractivity contribution is -0.385. The van der Waals surface area contributed by atoms with E-state index in [9.17, 15) is 20.0 Å². The van der Waals surface area contributed by atoms with Gasteiger partial charge in [-0.15, -0.1) is 6.58 Å². The van der Waals surface area contributed by atoms with Crippen LogP contribution in [0, 0.1) is 10.1 Å². The van der Waals surface area contributed by atoms with Crippen LogP contribution in [0.2, 0.25) is 0 Å². The van der Waals surface area contributed by atoms with Crippen LogP contribution in [0.25, 0.3) is 6.08 Å². The van der Waals surface area contributed by atoms with Gasteiger partial charge in [-0.05, 0) is 6.08 Å². The number of ether oxygens (including phenoxy) is 1. The van der Waals surface area contributed by atoms with E-state index in [0.717, 1.165) is 23.9 Å². The van der Waals surface area contributed by atoms with E-state index >= 15 is 0 Å². The summed E-state index contributed by atoms with van der Waals surface area (Å²) in [5.41, 5.74) is -0.150. The number of amides is 1. The zero-order valence-corrected chi connectivity index (χ0v) is 13.6. The number of carbonyl (C=O) groups excluding carboxylic acids is 1. The number of thiocarbonyl (C=S) groups is 1. The molecular formula is C14H12N2O5S2. The summed E-state index contributed by atoms with van der Waals surface area (Å²) in [6.07, 6.45) is 2.90. The number of nitro benzene ring substituents is 1. The molecule has 0 aliphatic carbocycles. The normalized spacial score (nSPS) is 16.0. The molecule has 9 heteroatoms. The number of aromatic hydroxyl groups is 1. The van der Waals surface area contributed by atoms with Crippen molar-refractivity contribution in [3.8, 4) is 11.5 Å². The van der Waals surface area contributed by atoms with Crippen molar-refractivity contribution in [1.29, 1.82) is 0 Å². The number of nitrogens with zero attached hydrogens (tertiary/aromatic N) is 2. The Morgan fingerprint density at radius 1 is 1.57 bits per heavy atom. The minimum absolute atomic E-state index is 0.0491. The van der Waals surface area contributed by atoms with Crippen molar-refractivity contribution in [1.82, 2.24) is 4.90 Å². The van der Waals surface area contributed by atoms with Crippen LogP contribution in [0.15, 0.2) is 29.7 Å². The summed E-state index contributed by atoms with van der Waals surface area (Å²) < 4.78 is 5.28. The highest BCUT2D eigenvalue weighted by molar-refractivity contribution is 8.26. The first-order valence-corrected chi connectivity index (χ1v) is 7.53. The molecule has 0 aromatic heterocycles. The van der Waals surface area contributed by atoms with Gasteiger partial charge in [0, 0.05) is 18.2 Å². The quantitative estimate of drug-likeness (QED) is 0.286. The number of nitro groups is 1. The van der Waals surface area contributed by atoms with Crippen molar-refractivity contribution in [3.05, 3.63) is 45.4 Å². The molecule has 2 rings (SSSR count). The van der Waals surface area contributed by atoms with Gasteiger partial charge >= 0.3 is 0 Å². The van der Waals surface area contributed by atoms with Crippen LogP contribution in [0.5, 0.6) is 11.5 Å². The Balaban J connectivity index is 2.48. The fourth-order valence-electron chi connectivity index (χ4n) is 1.91. The predicted molar refractivity (Wildman–Crippen MR) is 91.4 cm³/mol. The third kappa shape index (κ3) is 3.35. The third-order valence-corrected chi connectivity index (χ3v) is 4.37. The molecule has 1 aliphatic rings. The molecule has 0 unspecified atom stereocenters. The fourth-order valence-corrected chi connectivity index (χ4v) is 3.18. The number of hydrogen-bond donors (Lipinski definition) is 1. The molecule has 23 heavy (non-hydrogen) atoms. The Morgan fingerprint density at radius 3 is 2.83 bits per heavy atom. The first-order chi connectivity index (χ1) is 10.9. The number of phenols is 1. The van der Waals surface area contributed by atoms with Gasteiger partial charge in [0.05, 0.1) is 23.0 Å². The van der Waals surface area contributed by atoms with Gasteiger partial charge in [0.1, 0.15) is 4.32 Å². The number of thioether (sulfide) groups is 1. The van der Waals surface area contributed by atoms with Gasteiger partial charge in [-0.3, -0.25) is 19.8 Å². The smallest absolute Gasteiger partial charge is 0.274 e. The fraction of sp³-hybridized carbons (Fsp3) is 0.143. The Morgan fingerprint density at radius 2 is 2.26 bits per heavy atom. The zero-order chi connectivity index (χ0) is 17.1. The van der Waals surface area contributed by atoms with Crippen molar-refractivity contribution < 1.29 is 19.6 Å². The van der Waals surface area contributed by atoms with Crippen molar-refractivity contribution in [3.63, 3.8) is 0 Å². The van der Waals surface area contributed by atoms with Crippen LogP contribution < -0.4 is 4.74 Å². The lowest BCUT2D eigenvalue weighted by atomic mass is 10.1. The number of carbonyl (C=O) groups is 1. The molecular weight excluding hydrogens is 340 g/mol.